The van der Waals surface area contributed by atoms with Crippen LogP contribution in [0.25, 0.3) is 10.9 Å². The Morgan fingerprint density at radius 3 is 2.51 bits per heavy atom. The van der Waals surface area contributed by atoms with Crippen LogP contribution in [0.15, 0.2) is 62.3 Å². The van der Waals surface area contributed by atoms with Crippen LogP contribution in [0, 0.1) is 6.92 Å². The molecule has 0 saturated carbocycles. The van der Waals surface area contributed by atoms with E-state index in [1.807, 2.05) is 60.9 Å². The molecule has 2 heterocycles. The number of aromatic hydroxyl groups is 1. The van der Waals surface area contributed by atoms with Gasteiger partial charge in [-0.25, -0.2) is 0 Å². The number of fused-ring (bicyclic) bond motifs is 1. The number of carbonyl (C=O) groups excluding carboxylic acids is 1. The van der Waals surface area contributed by atoms with Crippen molar-refractivity contribution >= 4 is 44.1 Å². The van der Waals surface area contributed by atoms with Crippen LogP contribution in [-0.4, -0.2) is 45.9 Å². The van der Waals surface area contributed by atoms with Crippen LogP contribution in [0.4, 0.5) is 5.69 Å². The highest BCUT2D eigenvalue weighted by atomic mass is 79.9. The molecule has 1 aliphatic rings. The summed E-state index contributed by atoms with van der Waals surface area (Å²) < 4.78 is 2.68. The molecular weight excluding hydrogens is 510 g/mol. The van der Waals surface area contributed by atoms with Crippen LogP contribution in [0.1, 0.15) is 43.7 Å². The molecule has 4 rings (SSSR count). The normalized spacial score (nSPS) is 15.6. The Hall–Kier alpha value is -3.04. The minimum absolute atomic E-state index is 0.00643. The van der Waals surface area contributed by atoms with Crippen molar-refractivity contribution in [3.05, 3.63) is 58.1 Å². The number of nitrogens with zero attached hydrogens (tertiary/aromatic N) is 5. The second kappa shape index (κ2) is 11.6. The van der Waals surface area contributed by atoms with Gasteiger partial charge in [0.1, 0.15) is 0 Å². The third kappa shape index (κ3) is 6.35. The summed E-state index contributed by atoms with van der Waals surface area (Å²) in [7, 11) is 0. The van der Waals surface area contributed by atoms with Crippen molar-refractivity contribution in [2.45, 2.75) is 46.2 Å². The molecular formula is C26H30BrN5O3. The molecule has 1 aliphatic heterocycles. The van der Waals surface area contributed by atoms with E-state index in [0.717, 1.165) is 52.4 Å². The second-order valence-corrected chi connectivity index (χ2v) is 9.76. The Morgan fingerprint density at radius 1 is 1.09 bits per heavy atom. The number of aryl methyl sites for hydroxylation is 1. The van der Waals surface area contributed by atoms with E-state index in [9.17, 15) is 9.90 Å². The van der Waals surface area contributed by atoms with Crippen LogP contribution in [0.3, 0.4) is 0 Å². The predicted molar refractivity (Wildman–Crippen MR) is 140 cm³/mol. The number of benzene rings is 2. The highest BCUT2D eigenvalue weighted by Crippen LogP contribution is 2.40. The van der Waals surface area contributed by atoms with Crippen LogP contribution in [0.2, 0.25) is 0 Å². The number of aromatic nitrogens is 1. The highest BCUT2D eigenvalue weighted by Gasteiger charge is 2.20. The van der Waals surface area contributed by atoms with E-state index in [2.05, 4.69) is 36.2 Å². The molecule has 0 radical (unpaired) electrons. The van der Waals surface area contributed by atoms with Gasteiger partial charge in [0.25, 0.3) is 0 Å². The maximum absolute atomic E-state index is 12.3. The number of amides is 1. The fourth-order valence-corrected chi connectivity index (χ4v) is 4.54. The van der Waals surface area contributed by atoms with Gasteiger partial charge in [-0.05, 0) is 63.5 Å². The van der Waals surface area contributed by atoms with Gasteiger partial charge in [-0.1, -0.05) is 63.8 Å². The van der Waals surface area contributed by atoms with Gasteiger partial charge < -0.3 is 9.94 Å². The van der Waals surface area contributed by atoms with Gasteiger partial charge >= 0.3 is 5.91 Å². The molecule has 0 atom stereocenters. The number of carbonyl (C=O) groups is 1. The lowest BCUT2D eigenvalue weighted by molar-refractivity contribution is -0.122. The number of rotatable bonds is 7. The topological polar surface area (TPSA) is 91.8 Å². The lowest BCUT2D eigenvalue weighted by atomic mass is 10.1. The van der Waals surface area contributed by atoms with Crippen molar-refractivity contribution in [2.75, 3.05) is 19.7 Å². The first-order chi connectivity index (χ1) is 16.9. The predicted octanol–water partition coefficient (Wildman–Crippen LogP) is 6.30. The smallest absolute Gasteiger partial charge is 0.304 e. The average molecular weight is 540 g/mol. The van der Waals surface area contributed by atoms with Crippen molar-refractivity contribution < 1.29 is 14.7 Å². The third-order valence-electron chi connectivity index (χ3n) is 6.13. The first-order valence-electron chi connectivity index (χ1n) is 11.8. The molecule has 0 aliphatic carbocycles. The minimum atomic E-state index is -0.590. The largest absolute Gasteiger partial charge is 0.493 e. The van der Waals surface area contributed by atoms with Gasteiger partial charge in [0.05, 0.1) is 17.9 Å². The number of hydrogen-bond donors (Lipinski definition) is 1. The summed E-state index contributed by atoms with van der Waals surface area (Å²) in [6.45, 7) is 6.02. The fraction of sp³-hybridized carbons (Fsp3) is 0.385. The van der Waals surface area contributed by atoms with E-state index < -0.39 is 5.91 Å². The number of azo groups is 1. The maximum atomic E-state index is 12.3. The Kier molecular flexibility index (Phi) is 8.30. The van der Waals surface area contributed by atoms with Crippen molar-refractivity contribution in [1.82, 2.24) is 9.47 Å². The molecule has 1 fully saturated rings. The minimum Gasteiger partial charge on any atom is -0.493 e. The summed E-state index contributed by atoms with van der Waals surface area (Å²) in [6, 6.07) is 13.6. The van der Waals surface area contributed by atoms with Gasteiger partial charge in [-0.3, -0.25) is 14.3 Å². The summed E-state index contributed by atoms with van der Waals surface area (Å²) >= 11 is 3.48. The quantitative estimate of drug-likeness (QED) is 0.216. The molecule has 0 unspecified atom stereocenters. The zero-order chi connectivity index (χ0) is 24.8. The number of hydrogen-bond acceptors (Lipinski definition) is 6. The van der Waals surface area contributed by atoms with E-state index >= 15 is 0 Å². The third-order valence-corrected chi connectivity index (χ3v) is 6.63. The Balaban J connectivity index is 1.48. The molecule has 8 nitrogen and oxygen atoms in total. The first kappa shape index (κ1) is 25.1. The molecule has 1 N–H and O–H groups in total. The fourth-order valence-electron chi connectivity index (χ4n) is 4.18. The number of halogens is 1. The Bertz CT molecular complexity index is 1240. The molecule has 0 spiro atoms. The van der Waals surface area contributed by atoms with Gasteiger partial charge in [0.15, 0.2) is 12.3 Å². The SMILES string of the molecule is CC(=NOCC(=O)N=Nc1c(O)n(CN2CCCCCC2)c2ccc(Br)cc12)c1ccc(C)cc1. The molecule has 2 aromatic carbocycles. The summed E-state index contributed by atoms with van der Waals surface area (Å²) in [6.07, 6.45) is 4.77. The zero-order valence-corrected chi connectivity index (χ0v) is 21.7. The van der Waals surface area contributed by atoms with Crippen molar-refractivity contribution in [3.63, 3.8) is 0 Å². The Morgan fingerprint density at radius 2 is 1.80 bits per heavy atom. The average Bonchev–Trinajstić information content (AvgIpc) is 2.99. The summed E-state index contributed by atoms with van der Waals surface area (Å²) in [5, 5.41) is 23.6. The van der Waals surface area contributed by atoms with Gasteiger partial charge in [-0.15, -0.1) is 10.2 Å². The molecule has 1 saturated heterocycles. The molecule has 9 heteroatoms. The Labute approximate surface area is 213 Å². The number of oxime groups is 1. The van der Waals surface area contributed by atoms with Crippen LogP contribution >= 0.6 is 15.9 Å². The highest BCUT2D eigenvalue weighted by molar-refractivity contribution is 9.10. The summed E-state index contributed by atoms with van der Waals surface area (Å²) in [5.41, 5.74) is 3.84. The lowest BCUT2D eigenvalue weighted by Gasteiger charge is -2.21. The monoisotopic (exact) mass is 539 g/mol. The van der Waals surface area contributed by atoms with Crippen molar-refractivity contribution in [1.29, 1.82) is 0 Å². The number of likely N-dealkylation sites (tertiary alicyclic amines) is 1. The van der Waals surface area contributed by atoms with Crippen LogP contribution in [0.5, 0.6) is 5.88 Å². The van der Waals surface area contributed by atoms with Crippen LogP contribution < -0.4 is 0 Å². The van der Waals surface area contributed by atoms with E-state index in [1.165, 1.54) is 12.8 Å². The van der Waals surface area contributed by atoms with Gasteiger partial charge in [-0.2, -0.15) is 0 Å². The van der Waals surface area contributed by atoms with Gasteiger partial charge in [0, 0.05) is 9.86 Å². The molecule has 0 bridgehead atoms. The lowest BCUT2D eigenvalue weighted by Crippen LogP contribution is -2.27. The molecule has 35 heavy (non-hydrogen) atoms. The summed E-state index contributed by atoms with van der Waals surface area (Å²) in [5.74, 6) is -0.596. The maximum Gasteiger partial charge on any atom is 0.304 e. The van der Waals surface area contributed by atoms with Gasteiger partial charge in [0.2, 0.25) is 5.88 Å². The molecule has 1 aromatic heterocycles. The molecule has 184 valence electrons. The first-order valence-corrected chi connectivity index (χ1v) is 12.6. The standard InChI is InChI=1S/C26H30BrN5O3/c1-18-7-9-20(10-8-18)19(2)30-35-16-24(33)28-29-25-22-15-21(27)11-12-23(22)32(26(25)34)17-31-13-5-3-4-6-14-31/h7-12,15,34H,3-6,13-14,16-17H2,1-2H3. The van der Waals surface area contributed by atoms with Crippen molar-refractivity contribution in [2.24, 2.45) is 15.4 Å². The van der Waals surface area contributed by atoms with Crippen molar-refractivity contribution in [3.8, 4) is 5.88 Å². The van der Waals surface area contributed by atoms with E-state index in [4.69, 9.17) is 4.84 Å². The summed E-state index contributed by atoms with van der Waals surface area (Å²) in [4.78, 5) is 19.8. The molecule has 3 aromatic rings. The van der Waals surface area contributed by atoms with E-state index in [-0.39, 0.29) is 18.2 Å². The molecule has 1 amide bonds. The van der Waals surface area contributed by atoms with Crippen LogP contribution in [-0.2, 0) is 16.3 Å². The van der Waals surface area contributed by atoms with E-state index in [0.29, 0.717) is 12.4 Å². The zero-order valence-electron chi connectivity index (χ0n) is 20.1. The second-order valence-electron chi connectivity index (χ2n) is 8.85. The van der Waals surface area contributed by atoms with E-state index in [1.54, 1.807) is 0 Å².